The van der Waals surface area contributed by atoms with E-state index in [-0.39, 0.29) is 32.3 Å². The molecule has 0 saturated carbocycles. The lowest BCUT2D eigenvalue weighted by Crippen LogP contribution is -2.28. The van der Waals surface area contributed by atoms with Crippen LogP contribution in [0.5, 0.6) is 0 Å². The minimum Gasteiger partial charge on any atom is -0.457 e. The molecule has 2 unspecified atom stereocenters. The van der Waals surface area contributed by atoms with E-state index in [4.69, 9.17) is 24.3 Å². The highest BCUT2D eigenvalue weighted by Gasteiger charge is 2.25. The number of ether oxygens (including phenoxy) is 2. The topological polar surface area (TPSA) is 117 Å². The Bertz CT molecular complexity index is 1030. The molecule has 414 valence electrons. The monoisotopic (exact) mass is 1000 g/mol. The summed E-state index contributed by atoms with van der Waals surface area (Å²) in [5.74, 6) is -0.318. The van der Waals surface area contributed by atoms with Gasteiger partial charge in [0.15, 0.2) is 0 Å². The molecule has 0 aromatic rings. The van der Waals surface area contributed by atoms with E-state index in [9.17, 15) is 14.3 Å². The van der Waals surface area contributed by atoms with E-state index in [1.54, 1.807) is 0 Å². The molecule has 2 atom stereocenters. The van der Waals surface area contributed by atoms with Crippen molar-refractivity contribution in [3.05, 3.63) is 0 Å². The highest BCUT2D eigenvalue weighted by atomic mass is 31.2. The number of carbonyl (C=O) groups excluding carboxylic acids is 1. The van der Waals surface area contributed by atoms with Crippen LogP contribution in [0.4, 0.5) is 0 Å². The van der Waals surface area contributed by atoms with Crippen LogP contribution in [0.25, 0.3) is 0 Å². The van der Waals surface area contributed by atoms with Gasteiger partial charge in [0.05, 0.1) is 19.8 Å². The molecule has 0 fully saturated rings. The van der Waals surface area contributed by atoms with Crippen LogP contribution in [-0.4, -0.2) is 49.9 Å². The molecule has 0 rings (SSSR count). The summed E-state index contributed by atoms with van der Waals surface area (Å²) < 4.78 is 33.8. The first-order valence-corrected chi connectivity index (χ1v) is 32.5. The summed E-state index contributed by atoms with van der Waals surface area (Å²) in [6.07, 6.45) is 67.5. The zero-order chi connectivity index (χ0) is 50.1. The normalized spacial score (nSPS) is 13.0. The van der Waals surface area contributed by atoms with Gasteiger partial charge < -0.3 is 20.1 Å². The molecule has 69 heavy (non-hydrogen) atoms. The van der Waals surface area contributed by atoms with Crippen molar-refractivity contribution in [2.75, 3.05) is 33.0 Å². The number of carbonyl (C=O) groups is 1. The Morgan fingerprint density at radius 2 is 0.638 bits per heavy atom. The van der Waals surface area contributed by atoms with Crippen molar-refractivity contribution < 1.29 is 32.8 Å². The van der Waals surface area contributed by atoms with Crippen molar-refractivity contribution in [3.63, 3.8) is 0 Å². The largest absolute Gasteiger partial charge is 0.472 e. The maximum atomic E-state index is 12.7. The van der Waals surface area contributed by atoms with Crippen molar-refractivity contribution in [1.82, 2.24) is 0 Å². The SMILES string of the molecule is CCCCCCCCCCCCCCCCCCCCCCCCCCCCOCC(COP(=O)(O)OCCN)OC(=O)CCCCCCCCCCCCCCCCCCCCCCCCCC. The highest BCUT2D eigenvalue weighted by Crippen LogP contribution is 2.43. The van der Waals surface area contributed by atoms with Crippen LogP contribution >= 0.6 is 7.82 Å². The van der Waals surface area contributed by atoms with Gasteiger partial charge in [0.2, 0.25) is 0 Å². The summed E-state index contributed by atoms with van der Waals surface area (Å²) >= 11 is 0. The van der Waals surface area contributed by atoms with Crippen LogP contribution in [-0.2, 0) is 27.9 Å². The van der Waals surface area contributed by atoms with Crippen molar-refractivity contribution in [2.45, 2.75) is 347 Å². The van der Waals surface area contributed by atoms with Crippen LogP contribution in [0.15, 0.2) is 0 Å². The van der Waals surface area contributed by atoms with Crippen molar-refractivity contribution in [2.24, 2.45) is 5.73 Å². The van der Waals surface area contributed by atoms with Crippen LogP contribution in [0.3, 0.4) is 0 Å². The molecular weight excluding hydrogens is 878 g/mol. The smallest absolute Gasteiger partial charge is 0.457 e. The minimum absolute atomic E-state index is 0.0894. The van der Waals surface area contributed by atoms with E-state index < -0.39 is 13.9 Å². The molecule has 0 saturated heterocycles. The molecule has 0 aliphatic rings. The second-order valence-corrected chi connectivity index (χ2v) is 22.7. The maximum Gasteiger partial charge on any atom is 0.472 e. The average Bonchev–Trinajstić information content (AvgIpc) is 3.34. The fourth-order valence-corrected chi connectivity index (χ4v) is 10.5. The number of rotatable bonds is 61. The number of hydrogen-bond acceptors (Lipinski definition) is 7. The number of unbranched alkanes of at least 4 members (excludes halogenated alkanes) is 48. The predicted molar refractivity (Wildman–Crippen MR) is 298 cm³/mol. The second kappa shape index (κ2) is 58.4. The summed E-state index contributed by atoms with van der Waals surface area (Å²) in [5, 5.41) is 0. The van der Waals surface area contributed by atoms with Gasteiger partial charge in [-0.2, -0.15) is 0 Å². The molecular formula is C60H122NO7P. The molecule has 3 N–H and O–H groups in total. The van der Waals surface area contributed by atoms with Gasteiger partial charge in [0.1, 0.15) is 6.10 Å². The van der Waals surface area contributed by atoms with Crippen LogP contribution < -0.4 is 5.73 Å². The first-order chi connectivity index (χ1) is 33.9. The molecule has 0 spiro atoms. The Morgan fingerprint density at radius 3 is 0.913 bits per heavy atom. The summed E-state index contributed by atoms with van der Waals surface area (Å²) in [7, 11) is -4.28. The van der Waals surface area contributed by atoms with Gasteiger partial charge in [-0.3, -0.25) is 13.8 Å². The van der Waals surface area contributed by atoms with E-state index in [0.717, 1.165) is 32.1 Å². The van der Waals surface area contributed by atoms with E-state index in [2.05, 4.69) is 13.8 Å². The third kappa shape index (κ3) is 58.3. The van der Waals surface area contributed by atoms with E-state index in [1.807, 2.05) is 0 Å². The third-order valence-electron chi connectivity index (χ3n) is 14.3. The Balaban J connectivity index is 3.77. The van der Waals surface area contributed by atoms with Gasteiger partial charge in [-0.15, -0.1) is 0 Å². The fraction of sp³-hybridized carbons (Fsp3) is 0.983. The van der Waals surface area contributed by atoms with Crippen molar-refractivity contribution in [3.8, 4) is 0 Å². The van der Waals surface area contributed by atoms with Gasteiger partial charge in [-0.25, -0.2) is 4.57 Å². The van der Waals surface area contributed by atoms with Gasteiger partial charge in [-0.05, 0) is 12.8 Å². The molecule has 0 radical (unpaired) electrons. The fourth-order valence-electron chi connectivity index (χ4n) is 9.71. The van der Waals surface area contributed by atoms with Gasteiger partial charge >= 0.3 is 13.8 Å². The average molecular weight is 1000 g/mol. The number of phosphoric acid groups is 1. The molecule has 0 aliphatic heterocycles. The first kappa shape index (κ1) is 68.5. The maximum absolute atomic E-state index is 12.7. The number of hydrogen-bond donors (Lipinski definition) is 2. The summed E-state index contributed by atoms with van der Waals surface area (Å²) in [6.45, 7) is 5.03. The molecule has 9 heteroatoms. The molecule has 0 amide bonds. The second-order valence-electron chi connectivity index (χ2n) is 21.3. The molecule has 0 aromatic heterocycles. The summed E-state index contributed by atoms with van der Waals surface area (Å²) in [5.41, 5.74) is 5.41. The van der Waals surface area contributed by atoms with Crippen molar-refractivity contribution in [1.29, 1.82) is 0 Å². The van der Waals surface area contributed by atoms with E-state index >= 15 is 0 Å². The van der Waals surface area contributed by atoms with E-state index in [0.29, 0.717) is 13.0 Å². The number of esters is 1. The van der Waals surface area contributed by atoms with Crippen molar-refractivity contribution >= 4 is 13.8 Å². The quantitative estimate of drug-likeness (QED) is 0.0351. The lowest BCUT2D eigenvalue weighted by molar-refractivity contribution is -0.154. The Kier molecular flexibility index (Phi) is 58.0. The molecule has 8 nitrogen and oxygen atoms in total. The molecule has 0 bridgehead atoms. The predicted octanol–water partition coefficient (Wildman–Crippen LogP) is 19.9. The highest BCUT2D eigenvalue weighted by molar-refractivity contribution is 7.47. The van der Waals surface area contributed by atoms with Gasteiger partial charge in [-0.1, -0.05) is 322 Å². The Hall–Kier alpha value is -0.500. The van der Waals surface area contributed by atoms with E-state index in [1.165, 1.54) is 289 Å². The van der Waals surface area contributed by atoms with Gasteiger partial charge in [0, 0.05) is 19.6 Å². The molecule has 0 aliphatic carbocycles. The molecule has 0 heterocycles. The molecule has 0 aromatic carbocycles. The Labute approximate surface area is 431 Å². The van der Waals surface area contributed by atoms with Crippen LogP contribution in [0, 0.1) is 0 Å². The Morgan fingerprint density at radius 1 is 0.377 bits per heavy atom. The number of phosphoric ester groups is 1. The zero-order valence-corrected chi connectivity index (χ0v) is 47.5. The van der Waals surface area contributed by atoms with Crippen LogP contribution in [0.1, 0.15) is 341 Å². The number of nitrogens with two attached hydrogens (primary N) is 1. The zero-order valence-electron chi connectivity index (χ0n) is 46.6. The standard InChI is InChI=1S/C60H122NO7P/c1-3-5-7-9-11-13-15-17-19-21-23-25-27-29-30-32-34-36-38-40-42-44-46-48-50-52-55-65-57-59(58-67-69(63,64)66-56-54-61)68-60(62)53-51-49-47-45-43-41-39-37-35-33-31-28-26-24-22-20-18-16-14-12-10-8-6-4-2/h59H,3-58,61H2,1-2H3,(H,63,64). The first-order valence-electron chi connectivity index (χ1n) is 31.0. The summed E-state index contributed by atoms with van der Waals surface area (Å²) in [6, 6.07) is 0. The van der Waals surface area contributed by atoms with Crippen LogP contribution in [0.2, 0.25) is 0 Å². The lowest BCUT2D eigenvalue weighted by atomic mass is 10.0. The van der Waals surface area contributed by atoms with Gasteiger partial charge in [0.25, 0.3) is 0 Å². The summed E-state index contributed by atoms with van der Waals surface area (Å²) in [4.78, 5) is 22.7. The minimum atomic E-state index is -4.28. The third-order valence-corrected chi connectivity index (χ3v) is 15.3. The lowest BCUT2D eigenvalue weighted by Gasteiger charge is -2.20.